The molecule has 1 aromatic heterocycles. The van der Waals surface area contributed by atoms with Gasteiger partial charge < -0.3 is 25.3 Å². The molecule has 7 heteroatoms. The second-order valence-electron chi connectivity index (χ2n) is 8.60. The standard InChI is InChI=1S/C25H28N4O3/c1-32-19-9-7-18(8-10-19)29-15-17(13-24(29)30)27-25(31)26-14-16-6-11-23-21(12-16)20-4-2-3-5-22(20)28-23/h6-12,17,28H,2-5,13-15H2,1H3,(H2,26,27,31). The number of hydrogen-bond donors (Lipinski definition) is 3. The number of aromatic nitrogens is 1. The molecule has 2 heterocycles. The summed E-state index contributed by atoms with van der Waals surface area (Å²) in [6.07, 6.45) is 5.01. The number of nitrogens with one attached hydrogen (secondary N) is 3. The van der Waals surface area contributed by atoms with Crippen LogP contribution < -0.4 is 20.3 Å². The third-order valence-corrected chi connectivity index (χ3v) is 6.46. The molecule has 0 spiro atoms. The fourth-order valence-corrected chi connectivity index (χ4v) is 4.80. The van der Waals surface area contributed by atoms with E-state index in [1.54, 1.807) is 12.0 Å². The van der Waals surface area contributed by atoms with Gasteiger partial charge in [0.25, 0.3) is 0 Å². The maximum absolute atomic E-state index is 12.5. The molecule has 5 rings (SSSR count). The van der Waals surface area contributed by atoms with Crippen LogP contribution >= 0.6 is 0 Å². The van der Waals surface area contributed by atoms with Gasteiger partial charge in [-0.3, -0.25) is 4.79 Å². The van der Waals surface area contributed by atoms with Crippen LogP contribution in [0.15, 0.2) is 42.5 Å². The van der Waals surface area contributed by atoms with Crippen LogP contribution in [0, 0.1) is 0 Å². The molecule has 1 unspecified atom stereocenters. The number of ether oxygens (including phenoxy) is 1. The number of aromatic amines is 1. The third-order valence-electron chi connectivity index (χ3n) is 6.46. The fraction of sp³-hybridized carbons (Fsp3) is 0.360. The molecule has 1 fully saturated rings. The smallest absolute Gasteiger partial charge is 0.315 e. The van der Waals surface area contributed by atoms with E-state index in [2.05, 4.69) is 33.8 Å². The molecular weight excluding hydrogens is 404 g/mol. The van der Waals surface area contributed by atoms with E-state index in [1.165, 1.54) is 35.0 Å². The highest BCUT2D eigenvalue weighted by molar-refractivity contribution is 5.96. The van der Waals surface area contributed by atoms with Crippen LogP contribution in [0.4, 0.5) is 10.5 Å². The summed E-state index contributed by atoms with van der Waals surface area (Å²) in [5, 5.41) is 7.16. The van der Waals surface area contributed by atoms with Crippen molar-refractivity contribution in [2.24, 2.45) is 0 Å². The van der Waals surface area contributed by atoms with Crippen LogP contribution in [-0.2, 0) is 24.2 Å². The molecule has 0 radical (unpaired) electrons. The van der Waals surface area contributed by atoms with Gasteiger partial charge in [0.15, 0.2) is 0 Å². The molecule has 3 amide bonds. The Kier molecular flexibility index (Phi) is 5.47. The first-order valence-corrected chi connectivity index (χ1v) is 11.2. The molecule has 3 N–H and O–H groups in total. The Labute approximate surface area is 187 Å². The lowest BCUT2D eigenvalue weighted by atomic mass is 9.95. The van der Waals surface area contributed by atoms with Crippen LogP contribution in [0.25, 0.3) is 10.9 Å². The number of carbonyl (C=O) groups excluding carboxylic acids is 2. The number of H-pyrrole nitrogens is 1. The van der Waals surface area contributed by atoms with Gasteiger partial charge in [0.05, 0.1) is 13.2 Å². The Morgan fingerprint density at radius 2 is 1.97 bits per heavy atom. The monoisotopic (exact) mass is 432 g/mol. The van der Waals surface area contributed by atoms with E-state index in [1.807, 2.05) is 24.3 Å². The van der Waals surface area contributed by atoms with E-state index in [4.69, 9.17) is 4.74 Å². The van der Waals surface area contributed by atoms with Gasteiger partial charge in [-0.1, -0.05) is 6.07 Å². The Morgan fingerprint density at radius 1 is 1.16 bits per heavy atom. The van der Waals surface area contributed by atoms with E-state index in [0.717, 1.165) is 29.8 Å². The average Bonchev–Trinajstić information content (AvgIpc) is 3.37. The largest absolute Gasteiger partial charge is 0.497 e. The SMILES string of the molecule is COc1ccc(N2CC(NC(=O)NCc3ccc4[nH]c5c(c4c3)CCCC5)CC2=O)cc1. The molecule has 0 bridgehead atoms. The molecule has 1 aliphatic heterocycles. The molecule has 1 saturated heterocycles. The zero-order valence-electron chi connectivity index (χ0n) is 18.2. The maximum Gasteiger partial charge on any atom is 0.315 e. The highest BCUT2D eigenvalue weighted by Gasteiger charge is 2.31. The number of hydrogen-bond acceptors (Lipinski definition) is 3. The summed E-state index contributed by atoms with van der Waals surface area (Å²) >= 11 is 0. The summed E-state index contributed by atoms with van der Waals surface area (Å²) in [7, 11) is 1.61. The minimum atomic E-state index is -0.254. The van der Waals surface area contributed by atoms with Gasteiger partial charge in [0.1, 0.15) is 5.75 Å². The van der Waals surface area contributed by atoms with Crippen LogP contribution in [0.1, 0.15) is 36.1 Å². The van der Waals surface area contributed by atoms with E-state index in [0.29, 0.717) is 19.5 Å². The number of carbonyl (C=O) groups is 2. The van der Waals surface area contributed by atoms with Crippen molar-refractivity contribution in [1.82, 2.24) is 15.6 Å². The second-order valence-corrected chi connectivity index (χ2v) is 8.60. The average molecular weight is 433 g/mol. The quantitative estimate of drug-likeness (QED) is 0.575. The highest BCUT2D eigenvalue weighted by atomic mass is 16.5. The van der Waals surface area contributed by atoms with Crippen LogP contribution in [0.3, 0.4) is 0 Å². The summed E-state index contributed by atoms with van der Waals surface area (Å²) in [6, 6.07) is 13.2. The van der Waals surface area contributed by atoms with Crippen molar-refractivity contribution in [3.63, 3.8) is 0 Å². The Morgan fingerprint density at radius 3 is 2.78 bits per heavy atom. The van der Waals surface area contributed by atoms with Crippen molar-refractivity contribution in [3.8, 4) is 5.75 Å². The molecule has 3 aromatic rings. The minimum absolute atomic E-state index is 0.00292. The lowest BCUT2D eigenvalue weighted by Gasteiger charge is -2.18. The number of aryl methyl sites for hydroxylation is 2. The summed E-state index contributed by atoms with van der Waals surface area (Å²) in [5.74, 6) is 0.746. The van der Waals surface area contributed by atoms with Crippen molar-refractivity contribution in [1.29, 1.82) is 0 Å². The number of anilines is 1. The first kappa shape index (κ1) is 20.4. The van der Waals surface area contributed by atoms with Crippen molar-refractivity contribution < 1.29 is 14.3 Å². The Bertz CT molecular complexity index is 1150. The van der Waals surface area contributed by atoms with Gasteiger partial charge in [0.2, 0.25) is 5.91 Å². The Hall–Kier alpha value is -3.48. The first-order chi connectivity index (χ1) is 15.6. The van der Waals surface area contributed by atoms with Crippen LogP contribution in [0.2, 0.25) is 0 Å². The number of rotatable bonds is 5. The number of amides is 3. The van der Waals surface area contributed by atoms with Crippen molar-refractivity contribution in [2.45, 2.75) is 44.7 Å². The highest BCUT2D eigenvalue weighted by Crippen LogP contribution is 2.29. The molecule has 32 heavy (non-hydrogen) atoms. The molecule has 2 aromatic carbocycles. The number of nitrogens with zero attached hydrogens (tertiary/aromatic N) is 1. The first-order valence-electron chi connectivity index (χ1n) is 11.2. The van der Waals surface area contributed by atoms with E-state index < -0.39 is 0 Å². The summed E-state index contributed by atoms with van der Waals surface area (Å²) in [4.78, 5) is 30.2. The predicted octanol–water partition coefficient (Wildman–Crippen LogP) is 3.66. The van der Waals surface area contributed by atoms with E-state index in [9.17, 15) is 9.59 Å². The number of benzene rings is 2. The summed E-state index contributed by atoms with van der Waals surface area (Å²) in [6.45, 7) is 0.907. The molecule has 2 aliphatic rings. The van der Waals surface area contributed by atoms with Gasteiger partial charge in [-0.05, 0) is 73.2 Å². The predicted molar refractivity (Wildman–Crippen MR) is 124 cm³/mol. The van der Waals surface area contributed by atoms with Crippen LogP contribution in [0.5, 0.6) is 5.75 Å². The number of fused-ring (bicyclic) bond motifs is 3. The van der Waals surface area contributed by atoms with Gasteiger partial charge in [-0.2, -0.15) is 0 Å². The second kappa shape index (κ2) is 8.57. The van der Waals surface area contributed by atoms with Crippen molar-refractivity contribution >= 4 is 28.5 Å². The van der Waals surface area contributed by atoms with Crippen molar-refractivity contribution in [2.75, 3.05) is 18.6 Å². The molecule has 7 nitrogen and oxygen atoms in total. The molecule has 0 saturated carbocycles. The molecule has 1 aliphatic carbocycles. The number of urea groups is 1. The normalized spacial score (nSPS) is 18.0. The fourth-order valence-electron chi connectivity index (χ4n) is 4.80. The number of methoxy groups -OCH3 is 1. The lowest BCUT2D eigenvalue weighted by Crippen LogP contribution is -2.43. The maximum atomic E-state index is 12.5. The van der Waals surface area contributed by atoms with Gasteiger partial charge in [0, 0.05) is 41.8 Å². The lowest BCUT2D eigenvalue weighted by molar-refractivity contribution is -0.117. The molecular formula is C25H28N4O3. The van der Waals surface area contributed by atoms with Gasteiger partial charge >= 0.3 is 6.03 Å². The van der Waals surface area contributed by atoms with Gasteiger partial charge in [-0.25, -0.2) is 4.79 Å². The van der Waals surface area contributed by atoms with Crippen LogP contribution in [-0.4, -0.2) is 36.6 Å². The summed E-state index contributed by atoms with van der Waals surface area (Å²) < 4.78 is 5.17. The van der Waals surface area contributed by atoms with Gasteiger partial charge in [-0.15, -0.1) is 0 Å². The zero-order chi connectivity index (χ0) is 22.1. The molecule has 1 atom stereocenters. The van der Waals surface area contributed by atoms with Crippen molar-refractivity contribution in [3.05, 3.63) is 59.3 Å². The minimum Gasteiger partial charge on any atom is -0.497 e. The zero-order valence-corrected chi connectivity index (χ0v) is 18.2. The molecule has 166 valence electrons. The van der Waals surface area contributed by atoms with E-state index >= 15 is 0 Å². The Balaban J connectivity index is 1.18. The summed E-state index contributed by atoms with van der Waals surface area (Å²) in [5.41, 5.74) is 5.85. The third kappa shape index (κ3) is 4.02. The van der Waals surface area contributed by atoms with E-state index in [-0.39, 0.29) is 18.0 Å². The topological polar surface area (TPSA) is 86.5 Å².